The maximum absolute atomic E-state index is 10.6. The van der Waals surface area contributed by atoms with Gasteiger partial charge in [0, 0.05) is 6.04 Å². The van der Waals surface area contributed by atoms with Crippen molar-refractivity contribution in [3.63, 3.8) is 0 Å². The summed E-state index contributed by atoms with van der Waals surface area (Å²) >= 11 is 0. The Balaban J connectivity index is 0.000000381. The molecule has 0 aromatic rings. The van der Waals surface area contributed by atoms with Crippen molar-refractivity contribution in [2.45, 2.75) is 38.9 Å². The van der Waals surface area contributed by atoms with Crippen LogP contribution in [0.5, 0.6) is 6.01 Å². The fraction of sp³-hybridized carbons (Fsp3) is 0.538. The van der Waals surface area contributed by atoms with Gasteiger partial charge in [-0.2, -0.15) is 28.1 Å². The third-order valence-electron chi connectivity index (χ3n) is 2.88. The normalized spacial score (nSPS) is 12.2. The minimum absolute atomic E-state index is 0.286. The second-order valence-electron chi connectivity index (χ2n) is 5.02. The number of methoxy groups -OCH3 is 1. The van der Waals surface area contributed by atoms with Crippen LogP contribution >= 0.6 is 0 Å². The van der Waals surface area contributed by atoms with E-state index >= 15 is 0 Å². The number of carbonyl (C=O) groups is 1. The van der Waals surface area contributed by atoms with Crippen molar-refractivity contribution in [1.82, 2.24) is 19.9 Å². The number of aliphatic carboxylic acids is 1. The van der Waals surface area contributed by atoms with Crippen LogP contribution in [0.15, 0.2) is 0 Å². The number of rotatable bonds is 5. The van der Waals surface area contributed by atoms with E-state index < -0.39 is 12.1 Å². The highest BCUT2D eigenvalue weighted by molar-refractivity contribution is 5.73. The topological polar surface area (TPSA) is 139 Å². The van der Waals surface area contributed by atoms with Gasteiger partial charge in [-0.05, 0) is 13.3 Å². The number of fused-ring (bicyclic) bond motifs is 1. The van der Waals surface area contributed by atoms with Crippen molar-refractivity contribution in [3.05, 3.63) is 0 Å². The molecule has 9 nitrogen and oxygen atoms in total. The van der Waals surface area contributed by atoms with Crippen molar-refractivity contribution < 1.29 is 27.8 Å². The lowest BCUT2D eigenvalue weighted by atomic mass is 10.2. The van der Waals surface area contributed by atoms with E-state index in [1.54, 1.807) is 0 Å². The number of imidazole rings is 1. The molecule has 0 unspecified atom stereocenters. The lowest BCUT2D eigenvalue weighted by molar-refractivity contribution is -0.192. The molecule has 0 saturated carbocycles. The fourth-order valence-corrected chi connectivity index (χ4v) is 1.80. The Hall–Kier alpha value is -2.79. The molecule has 25 heavy (non-hydrogen) atoms. The number of nitrogen functional groups attached to an aromatic ring is 1. The minimum atomic E-state index is -5.08. The summed E-state index contributed by atoms with van der Waals surface area (Å²) in [7, 11) is 1.51. The first-order valence-corrected chi connectivity index (χ1v) is 7.22. The van der Waals surface area contributed by atoms with Crippen molar-refractivity contribution in [1.29, 1.82) is 0 Å². The molecule has 1 atom stereocenters. The van der Waals surface area contributed by atoms with E-state index in [0.29, 0.717) is 29.3 Å². The average molecular weight is 364 g/mol. The Morgan fingerprint density at radius 2 is 2.00 bits per heavy atom. The van der Waals surface area contributed by atoms with Crippen LogP contribution in [0.25, 0.3) is 11.5 Å². The summed E-state index contributed by atoms with van der Waals surface area (Å²) in [6, 6.07) is 0.605. The number of carboxylic acid groups (broad SMARTS) is 1. The minimum Gasteiger partial charge on any atom is -0.475 e. The van der Waals surface area contributed by atoms with Crippen LogP contribution in [-0.2, 0) is 4.79 Å². The number of ether oxygens (including phenoxy) is 1. The van der Waals surface area contributed by atoms with Gasteiger partial charge in [-0.25, -0.2) is 4.79 Å². The Labute approximate surface area is 141 Å². The summed E-state index contributed by atoms with van der Waals surface area (Å²) in [6.45, 7) is 4.23. The smallest absolute Gasteiger partial charge is 0.475 e. The number of aromatic nitrogens is 4. The molecule has 0 bridgehead atoms. The predicted octanol–water partition coefficient (Wildman–Crippen LogP) is 2.13. The van der Waals surface area contributed by atoms with Crippen molar-refractivity contribution in [2.24, 2.45) is 0 Å². The second-order valence-corrected chi connectivity index (χ2v) is 5.02. The van der Waals surface area contributed by atoms with Crippen molar-refractivity contribution in [2.75, 3.05) is 18.2 Å². The van der Waals surface area contributed by atoms with E-state index in [0.717, 1.165) is 12.8 Å². The molecule has 5 N–H and O–H groups in total. The summed E-state index contributed by atoms with van der Waals surface area (Å²) in [6.07, 6.45) is -2.92. The quantitative estimate of drug-likeness (QED) is 0.633. The van der Waals surface area contributed by atoms with Crippen molar-refractivity contribution >= 4 is 17.7 Å². The zero-order valence-corrected chi connectivity index (χ0v) is 13.8. The van der Waals surface area contributed by atoms with E-state index in [1.807, 2.05) is 0 Å². The number of nitrogens with zero attached hydrogens (tertiary/aromatic N) is 3. The third kappa shape index (κ3) is 5.97. The van der Waals surface area contributed by atoms with E-state index in [1.165, 1.54) is 7.11 Å². The number of anilines is 2. The number of hydrogen-bond donors (Lipinski definition) is 4. The molecule has 0 aromatic heterocycles. The SMILES string of the molecule is CCC[C@H](C)Nc1nc(N)c2nc(OC)nc-2[nH]1.O=C(O)C(F)(F)F. The predicted molar refractivity (Wildman–Crippen MR) is 83.4 cm³/mol. The molecule has 2 rings (SSSR count). The highest BCUT2D eigenvalue weighted by Gasteiger charge is 2.38. The Morgan fingerprint density at radius 1 is 1.40 bits per heavy atom. The Kier molecular flexibility index (Phi) is 6.77. The van der Waals surface area contributed by atoms with Gasteiger partial charge in [-0.1, -0.05) is 13.3 Å². The first kappa shape index (κ1) is 20.3. The molecule has 0 spiro atoms. The summed E-state index contributed by atoms with van der Waals surface area (Å²) < 4.78 is 36.7. The van der Waals surface area contributed by atoms with Crippen LogP contribution < -0.4 is 15.8 Å². The fourth-order valence-electron chi connectivity index (χ4n) is 1.80. The molecule has 12 heteroatoms. The lowest BCUT2D eigenvalue weighted by Crippen LogP contribution is -2.21. The number of hydrogen-bond acceptors (Lipinski definition) is 7. The first-order chi connectivity index (χ1) is 11.6. The molecule has 2 heterocycles. The van der Waals surface area contributed by atoms with Gasteiger partial charge in [-0.15, -0.1) is 0 Å². The number of nitrogens with one attached hydrogen (secondary N) is 2. The molecule has 0 fully saturated rings. The van der Waals surface area contributed by atoms with Crippen LogP contribution in [0, 0.1) is 0 Å². The van der Waals surface area contributed by atoms with Crippen molar-refractivity contribution in [3.8, 4) is 17.5 Å². The molecule has 2 aliphatic rings. The number of alkyl halides is 3. The maximum atomic E-state index is 10.6. The van der Waals surface area contributed by atoms with Crippen LogP contribution in [0.3, 0.4) is 0 Å². The second kappa shape index (κ2) is 8.35. The van der Waals surface area contributed by atoms with Crippen LogP contribution in [0.1, 0.15) is 26.7 Å². The van der Waals surface area contributed by atoms with Gasteiger partial charge < -0.3 is 25.9 Å². The summed E-state index contributed by atoms with van der Waals surface area (Å²) in [5.41, 5.74) is 6.37. The zero-order chi connectivity index (χ0) is 19.2. The molecule has 0 radical (unpaired) electrons. The number of carboxylic acids is 1. The molecular weight excluding hydrogens is 345 g/mol. The van der Waals surface area contributed by atoms with Crippen LogP contribution in [-0.4, -0.2) is 50.3 Å². The molecule has 0 aliphatic carbocycles. The van der Waals surface area contributed by atoms with Gasteiger partial charge in [0.15, 0.2) is 17.3 Å². The lowest BCUT2D eigenvalue weighted by Gasteiger charge is -2.14. The highest BCUT2D eigenvalue weighted by atomic mass is 19.4. The molecule has 140 valence electrons. The molecule has 0 aromatic carbocycles. The standard InChI is InChI=1S/C11H18N6O.C2HF3O2/c1-4-5-6(2)13-10-15-8(12)7-9(16-10)17-11(14-7)18-3;3-2(4,5)1(6)7/h6H,4-5H2,1-3H3,(H4,12,13,14,15,16,17);(H,6,7)/t6-;/m0./s1. The van der Waals surface area contributed by atoms with Gasteiger partial charge in [0.2, 0.25) is 5.95 Å². The van der Waals surface area contributed by atoms with E-state index in [-0.39, 0.29) is 6.01 Å². The monoisotopic (exact) mass is 364 g/mol. The first-order valence-electron chi connectivity index (χ1n) is 7.22. The van der Waals surface area contributed by atoms with Gasteiger partial charge in [0.05, 0.1) is 7.11 Å². The van der Waals surface area contributed by atoms with E-state index in [9.17, 15) is 13.2 Å². The van der Waals surface area contributed by atoms with Crippen LogP contribution in [0.2, 0.25) is 0 Å². The molecular formula is C13H19F3N6O3. The third-order valence-corrected chi connectivity index (χ3v) is 2.88. The Morgan fingerprint density at radius 3 is 2.48 bits per heavy atom. The Bertz CT molecular complexity index is 676. The van der Waals surface area contributed by atoms with Gasteiger partial charge in [0.1, 0.15) is 0 Å². The van der Waals surface area contributed by atoms with Crippen LogP contribution in [0.4, 0.5) is 24.9 Å². The largest absolute Gasteiger partial charge is 0.490 e. The summed E-state index contributed by atoms with van der Waals surface area (Å²) in [5, 5.41) is 10.4. The summed E-state index contributed by atoms with van der Waals surface area (Å²) in [5.74, 6) is -1.24. The van der Waals surface area contributed by atoms with Gasteiger partial charge >= 0.3 is 18.2 Å². The highest BCUT2D eigenvalue weighted by Crippen LogP contribution is 2.26. The van der Waals surface area contributed by atoms with E-state index in [2.05, 4.69) is 39.1 Å². The molecule has 0 amide bonds. The molecule has 2 aliphatic heterocycles. The van der Waals surface area contributed by atoms with E-state index in [4.69, 9.17) is 20.4 Å². The summed E-state index contributed by atoms with van der Waals surface area (Å²) in [4.78, 5) is 24.4. The number of aromatic amines is 1. The average Bonchev–Trinajstić information content (AvgIpc) is 2.90. The number of H-pyrrole nitrogens is 1. The van der Waals surface area contributed by atoms with Gasteiger partial charge in [0.25, 0.3) is 0 Å². The number of halogens is 3. The maximum Gasteiger partial charge on any atom is 0.490 e. The zero-order valence-electron chi connectivity index (χ0n) is 13.8. The van der Waals surface area contributed by atoms with Gasteiger partial charge in [-0.3, -0.25) is 0 Å². The molecule has 0 saturated heterocycles. The number of nitrogens with two attached hydrogens (primary N) is 1.